The summed E-state index contributed by atoms with van der Waals surface area (Å²) in [6.45, 7) is 1.00. The van der Waals surface area contributed by atoms with Gasteiger partial charge in [0.25, 0.3) is 0 Å². The van der Waals surface area contributed by atoms with E-state index in [1.807, 2.05) is 0 Å². The molecule has 3 rings (SSSR count). The molecule has 0 amide bonds. The maximum absolute atomic E-state index is 12.2. The van der Waals surface area contributed by atoms with Crippen LogP contribution in [0.15, 0.2) is 18.2 Å². The van der Waals surface area contributed by atoms with E-state index in [1.54, 1.807) is 22.9 Å². The third kappa shape index (κ3) is 3.23. The summed E-state index contributed by atoms with van der Waals surface area (Å²) in [6, 6.07) is 5.12. The van der Waals surface area contributed by atoms with Crippen molar-refractivity contribution in [2.75, 3.05) is 6.54 Å². The van der Waals surface area contributed by atoms with Crippen LogP contribution in [0.5, 0.6) is 0 Å². The number of benzene rings is 1. The summed E-state index contributed by atoms with van der Waals surface area (Å²) in [5.74, 6) is 0.0233. The maximum atomic E-state index is 12.2. The Balaban J connectivity index is 1.68. The van der Waals surface area contributed by atoms with Crippen LogP contribution < -0.4 is 5.32 Å². The van der Waals surface area contributed by atoms with Gasteiger partial charge in [-0.2, -0.15) is 0 Å². The molecule has 1 aromatic carbocycles. The summed E-state index contributed by atoms with van der Waals surface area (Å²) in [4.78, 5) is 12.2. The van der Waals surface area contributed by atoms with Gasteiger partial charge in [-0.05, 0) is 37.6 Å². The van der Waals surface area contributed by atoms with Crippen molar-refractivity contribution in [3.63, 3.8) is 0 Å². The maximum Gasteiger partial charge on any atom is 0.156 e. The molecule has 0 radical (unpaired) electrons. The number of nitrogens with zero attached hydrogens (tertiary/aromatic N) is 3. The number of aromatic nitrogens is 3. The number of Topliss-reactive ketones (excluding diaryl/α,β-unsaturated/α-hetero) is 1. The average Bonchev–Trinajstić information content (AvgIpc) is 2.83. The molecule has 2 atom stereocenters. The highest BCUT2D eigenvalue weighted by molar-refractivity contribution is 6.31. The number of aliphatic hydroxyl groups excluding tert-OH is 1. The zero-order valence-electron chi connectivity index (χ0n) is 11.5. The molecular formula is C14H17ClN4O2. The first kappa shape index (κ1) is 14.4. The molecular weight excluding hydrogens is 292 g/mol. The van der Waals surface area contributed by atoms with Gasteiger partial charge in [0.1, 0.15) is 12.1 Å². The van der Waals surface area contributed by atoms with Gasteiger partial charge in [0.15, 0.2) is 5.78 Å². The third-order valence-electron chi connectivity index (χ3n) is 3.80. The molecule has 2 N–H and O–H groups in total. The van der Waals surface area contributed by atoms with Crippen molar-refractivity contribution >= 4 is 28.4 Å². The van der Waals surface area contributed by atoms with Crippen LogP contribution in [0.1, 0.15) is 19.3 Å². The van der Waals surface area contributed by atoms with Crippen molar-refractivity contribution in [2.24, 2.45) is 0 Å². The minimum absolute atomic E-state index is 0.0233. The first-order valence-electron chi connectivity index (χ1n) is 7.05. The molecule has 0 bridgehead atoms. The van der Waals surface area contributed by atoms with Gasteiger partial charge >= 0.3 is 0 Å². The van der Waals surface area contributed by atoms with Crippen LogP contribution in [0, 0.1) is 0 Å². The molecule has 2 heterocycles. The normalized spacial score (nSPS) is 22.6. The quantitative estimate of drug-likeness (QED) is 0.886. The van der Waals surface area contributed by atoms with E-state index >= 15 is 0 Å². The fourth-order valence-electron chi connectivity index (χ4n) is 2.68. The number of halogens is 1. The molecule has 0 aliphatic carbocycles. The monoisotopic (exact) mass is 308 g/mol. The number of fused-ring (bicyclic) bond motifs is 1. The van der Waals surface area contributed by atoms with Crippen molar-refractivity contribution in [1.29, 1.82) is 0 Å². The number of ketones is 1. The van der Waals surface area contributed by atoms with Gasteiger partial charge in [0, 0.05) is 17.5 Å². The minimum atomic E-state index is -0.450. The van der Waals surface area contributed by atoms with Crippen molar-refractivity contribution in [3.05, 3.63) is 23.2 Å². The van der Waals surface area contributed by atoms with E-state index < -0.39 is 6.10 Å². The van der Waals surface area contributed by atoms with E-state index in [1.165, 1.54) is 0 Å². The van der Waals surface area contributed by atoms with E-state index in [0.29, 0.717) is 17.0 Å². The second kappa shape index (κ2) is 6.09. The highest BCUT2D eigenvalue weighted by atomic mass is 35.5. The fraction of sp³-hybridized carbons (Fsp3) is 0.500. The van der Waals surface area contributed by atoms with Crippen LogP contribution in [0.2, 0.25) is 5.02 Å². The lowest BCUT2D eigenvalue weighted by atomic mass is 9.97. The molecule has 21 heavy (non-hydrogen) atoms. The van der Waals surface area contributed by atoms with Crippen molar-refractivity contribution < 1.29 is 9.90 Å². The van der Waals surface area contributed by atoms with E-state index in [9.17, 15) is 9.90 Å². The topological polar surface area (TPSA) is 80.0 Å². The van der Waals surface area contributed by atoms with Gasteiger partial charge < -0.3 is 10.4 Å². The van der Waals surface area contributed by atoms with Crippen LogP contribution in [0.3, 0.4) is 0 Å². The minimum Gasteiger partial charge on any atom is -0.391 e. The van der Waals surface area contributed by atoms with E-state index in [4.69, 9.17) is 11.6 Å². The lowest BCUT2D eigenvalue weighted by molar-refractivity contribution is -0.121. The Morgan fingerprint density at radius 3 is 3.19 bits per heavy atom. The smallest absolute Gasteiger partial charge is 0.156 e. The number of carbonyl (C=O) groups is 1. The number of aliphatic hydroxyl groups is 1. The Morgan fingerprint density at radius 1 is 1.52 bits per heavy atom. The van der Waals surface area contributed by atoms with Gasteiger partial charge in [-0.1, -0.05) is 16.8 Å². The van der Waals surface area contributed by atoms with Crippen LogP contribution in [-0.2, 0) is 11.3 Å². The van der Waals surface area contributed by atoms with E-state index in [0.717, 1.165) is 24.9 Å². The van der Waals surface area contributed by atoms with Gasteiger partial charge in [0.2, 0.25) is 0 Å². The molecule has 0 spiro atoms. The first-order chi connectivity index (χ1) is 10.1. The number of rotatable bonds is 4. The van der Waals surface area contributed by atoms with Crippen molar-refractivity contribution in [1.82, 2.24) is 20.3 Å². The summed E-state index contributed by atoms with van der Waals surface area (Å²) in [7, 11) is 0. The highest BCUT2D eigenvalue weighted by Crippen LogP contribution is 2.17. The van der Waals surface area contributed by atoms with Gasteiger partial charge in [-0.3, -0.25) is 4.79 Å². The van der Waals surface area contributed by atoms with Crippen LogP contribution in [0.4, 0.5) is 0 Å². The summed E-state index contributed by atoms with van der Waals surface area (Å²) in [5, 5.41) is 21.7. The zero-order chi connectivity index (χ0) is 14.8. The molecule has 6 nitrogen and oxygen atoms in total. The number of hydrogen-bond donors (Lipinski definition) is 2. The Morgan fingerprint density at radius 2 is 2.38 bits per heavy atom. The van der Waals surface area contributed by atoms with Crippen molar-refractivity contribution in [2.45, 2.75) is 38.0 Å². The molecule has 1 fully saturated rings. The van der Waals surface area contributed by atoms with Crippen LogP contribution in [0.25, 0.3) is 11.0 Å². The summed E-state index contributed by atoms with van der Waals surface area (Å²) >= 11 is 5.90. The number of hydrogen-bond acceptors (Lipinski definition) is 5. The fourth-order valence-corrected chi connectivity index (χ4v) is 2.85. The SMILES string of the molecule is O=C(C[C@H]1NCCC[C@@H]1O)Cn1nnc2cc(Cl)ccc21. The standard InChI is InChI=1S/C14H17ClN4O2/c15-9-3-4-13-11(6-9)17-18-19(13)8-10(20)7-12-14(21)2-1-5-16-12/h3-4,6,12,14,16,21H,1-2,5,7-8H2/t12-,14+/m1/s1. The summed E-state index contributed by atoms with van der Waals surface area (Å²) in [6.07, 6.45) is 1.54. The molecule has 0 unspecified atom stereocenters. The summed E-state index contributed by atoms with van der Waals surface area (Å²) < 4.78 is 1.57. The molecule has 0 saturated carbocycles. The lowest BCUT2D eigenvalue weighted by Gasteiger charge is -2.28. The molecule has 2 aromatic rings. The number of nitrogens with one attached hydrogen (secondary N) is 1. The second-order valence-corrected chi connectivity index (χ2v) is 5.83. The van der Waals surface area contributed by atoms with Crippen LogP contribution in [-0.4, -0.2) is 44.6 Å². The van der Waals surface area contributed by atoms with Gasteiger partial charge in [0.05, 0.1) is 11.6 Å². The molecule has 112 valence electrons. The summed E-state index contributed by atoms with van der Waals surface area (Å²) in [5.41, 5.74) is 1.45. The van der Waals surface area contributed by atoms with Gasteiger partial charge in [-0.25, -0.2) is 4.68 Å². The van der Waals surface area contributed by atoms with E-state index in [-0.39, 0.29) is 18.4 Å². The average molecular weight is 309 g/mol. The third-order valence-corrected chi connectivity index (χ3v) is 4.03. The molecule has 7 heteroatoms. The Kier molecular flexibility index (Phi) is 4.19. The largest absolute Gasteiger partial charge is 0.391 e. The molecule has 1 aromatic heterocycles. The predicted octanol–water partition coefficient (Wildman–Crippen LogP) is 1.16. The van der Waals surface area contributed by atoms with E-state index in [2.05, 4.69) is 15.6 Å². The first-order valence-corrected chi connectivity index (χ1v) is 7.43. The Labute approximate surface area is 127 Å². The van der Waals surface area contributed by atoms with Crippen molar-refractivity contribution in [3.8, 4) is 0 Å². The second-order valence-electron chi connectivity index (χ2n) is 5.39. The van der Waals surface area contributed by atoms with Gasteiger partial charge in [-0.15, -0.1) is 5.10 Å². The Hall–Kier alpha value is -1.50. The molecule has 1 aliphatic rings. The lowest BCUT2D eigenvalue weighted by Crippen LogP contribution is -2.46. The molecule has 1 saturated heterocycles. The van der Waals surface area contributed by atoms with Crippen LogP contribution >= 0.6 is 11.6 Å². The Bertz CT molecular complexity index is 657. The highest BCUT2D eigenvalue weighted by Gasteiger charge is 2.25. The number of carbonyl (C=O) groups excluding carboxylic acids is 1. The molecule has 1 aliphatic heterocycles. The zero-order valence-corrected chi connectivity index (χ0v) is 12.3. The predicted molar refractivity (Wildman–Crippen MR) is 79.2 cm³/mol. The number of piperidine rings is 1.